The van der Waals surface area contributed by atoms with Crippen LogP contribution in [0.5, 0.6) is 0 Å². The fourth-order valence-corrected chi connectivity index (χ4v) is 4.52. The summed E-state index contributed by atoms with van der Waals surface area (Å²) in [5.74, 6) is -1.43. The molecule has 1 saturated carbocycles. The first-order valence-corrected chi connectivity index (χ1v) is 10.4. The number of nitrogens with one attached hydrogen (secondary N) is 2. The predicted molar refractivity (Wildman–Crippen MR) is 95.0 cm³/mol. The number of halogens is 1. The molecule has 1 atom stereocenters. The fourth-order valence-electron chi connectivity index (χ4n) is 3.10. The van der Waals surface area contributed by atoms with E-state index < -0.39 is 26.8 Å². The first-order chi connectivity index (χ1) is 11.8. The van der Waals surface area contributed by atoms with E-state index in [0.29, 0.717) is 0 Å². The molecule has 0 aromatic heterocycles. The van der Waals surface area contributed by atoms with E-state index in [-0.39, 0.29) is 17.9 Å². The van der Waals surface area contributed by atoms with Crippen molar-refractivity contribution >= 4 is 15.9 Å². The van der Waals surface area contributed by atoms with Crippen LogP contribution in [0.1, 0.15) is 52.4 Å². The zero-order valence-electron chi connectivity index (χ0n) is 14.8. The summed E-state index contributed by atoms with van der Waals surface area (Å²) in [6.45, 7) is 3.53. The molecule has 1 fully saturated rings. The maximum absolute atomic E-state index is 13.8. The van der Waals surface area contributed by atoms with Gasteiger partial charge in [-0.1, -0.05) is 51.7 Å². The molecule has 2 rings (SSSR count). The molecule has 1 aromatic carbocycles. The van der Waals surface area contributed by atoms with Crippen LogP contribution in [0.25, 0.3) is 0 Å². The quantitative estimate of drug-likeness (QED) is 0.756. The second-order valence-electron chi connectivity index (χ2n) is 6.97. The molecule has 0 unspecified atom stereocenters. The molecule has 0 aliphatic heterocycles. The number of sulfonamides is 1. The molecule has 1 aliphatic carbocycles. The van der Waals surface area contributed by atoms with Gasteiger partial charge in [0, 0.05) is 6.04 Å². The van der Waals surface area contributed by atoms with E-state index in [1.165, 1.54) is 31.0 Å². The lowest BCUT2D eigenvalue weighted by Crippen LogP contribution is -2.52. The number of rotatable bonds is 6. The number of hydrogen-bond donors (Lipinski definition) is 2. The average molecular weight is 370 g/mol. The first-order valence-electron chi connectivity index (χ1n) is 8.88. The summed E-state index contributed by atoms with van der Waals surface area (Å²) < 4.78 is 41.2. The zero-order valence-corrected chi connectivity index (χ0v) is 15.6. The Morgan fingerprint density at radius 1 is 1.12 bits per heavy atom. The third-order valence-corrected chi connectivity index (χ3v) is 6.03. The van der Waals surface area contributed by atoms with Gasteiger partial charge in [-0.3, -0.25) is 4.79 Å². The maximum Gasteiger partial charge on any atom is 0.244 e. The Labute approximate surface area is 149 Å². The summed E-state index contributed by atoms with van der Waals surface area (Å²) in [7, 11) is -4.11. The smallest absolute Gasteiger partial charge is 0.244 e. The van der Waals surface area contributed by atoms with Crippen LogP contribution in [-0.4, -0.2) is 26.4 Å². The standard InChI is InChI=1S/C18H27FN2O3S/c1-13(2)17(18(22)20-14-9-5-3-4-6-10-14)21-25(23,24)16-12-8-7-11-15(16)19/h7-8,11-14,17,21H,3-6,9-10H2,1-2H3,(H,20,22)/t17-/m0/s1. The topological polar surface area (TPSA) is 75.3 Å². The lowest BCUT2D eigenvalue weighted by atomic mass is 10.0. The minimum atomic E-state index is -4.11. The summed E-state index contributed by atoms with van der Waals surface area (Å²) in [4.78, 5) is 12.2. The van der Waals surface area contributed by atoms with E-state index in [9.17, 15) is 17.6 Å². The normalized spacial score (nSPS) is 17.9. The van der Waals surface area contributed by atoms with Gasteiger partial charge in [0.05, 0.1) is 0 Å². The highest BCUT2D eigenvalue weighted by atomic mass is 32.2. The highest BCUT2D eigenvalue weighted by molar-refractivity contribution is 7.89. The number of carbonyl (C=O) groups excluding carboxylic acids is 1. The number of carbonyl (C=O) groups is 1. The van der Waals surface area contributed by atoms with Gasteiger partial charge < -0.3 is 5.32 Å². The van der Waals surface area contributed by atoms with Crippen molar-refractivity contribution in [3.05, 3.63) is 30.1 Å². The molecular formula is C18H27FN2O3S. The van der Waals surface area contributed by atoms with Crippen molar-refractivity contribution in [2.75, 3.05) is 0 Å². The number of benzene rings is 1. The molecule has 7 heteroatoms. The van der Waals surface area contributed by atoms with Crippen molar-refractivity contribution in [1.29, 1.82) is 0 Å². The molecule has 0 saturated heterocycles. The Morgan fingerprint density at radius 2 is 1.72 bits per heavy atom. The number of hydrogen-bond acceptors (Lipinski definition) is 3. The van der Waals surface area contributed by atoms with Gasteiger partial charge in [0.15, 0.2) is 0 Å². The van der Waals surface area contributed by atoms with Crippen LogP contribution in [-0.2, 0) is 14.8 Å². The molecule has 140 valence electrons. The predicted octanol–water partition coefficient (Wildman–Crippen LogP) is 2.97. The average Bonchev–Trinajstić information content (AvgIpc) is 2.81. The summed E-state index contributed by atoms with van der Waals surface area (Å²) in [5.41, 5.74) is 0. The lowest BCUT2D eigenvalue weighted by Gasteiger charge is -2.25. The van der Waals surface area contributed by atoms with Crippen molar-refractivity contribution in [2.45, 2.75) is 69.4 Å². The van der Waals surface area contributed by atoms with E-state index >= 15 is 0 Å². The summed E-state index contributed by atoms with van der Waals surface area (Å²) in [6, 6.07) is 4.30. The summed E-state index contributed by atoms with van der Waals surface area (Å²) >= 11 is 0. The van der Waals surface area contributed by atoms with Crippen LogP contribution in [0.4, 0.5) is 4.39 Å². The van der Waals surface area contributed by atoms with E-state index in [0.717, 1.165) is 31.7 Å². The van der Waals surface area contributed by atoms with Gasteiger partial charge in [-0.05, 0) is 30.9 Å². The number of amides is 1. The van der Waals surface area contributed by atoms with Gasteiger partial charge in [0.1, 0.15) is 16.8 Å². The molecule has 1 amide bonds. The van der Waals surface area contributed by atoms with Crippen LogP contribution in [0.15, 0.2) is 29.2 Å². The van der Waals surface area contributed by atoms with Crippen LogP contribution >= 0.6 is 0 Å². The zero-order chi connectivity index (χ0) is 18.4. The van der Waals surface area contributed by atoms with Crippen LogP contribution in [0, 0.1) is 11.7 Å². The molecule has 0 bridgehead atoms. The van der Waals surface area contributed by atoms with E-state index in [2.05, 4.69) is 10.0 Å². The van der Waals surface area contributed by atoms with E-state index in [1.54, 1.807) is 13.8 Å². The molecule has 0 spiro atoms. The van der Waals surface area contributed by atoms with Crippen molar-refractivity contribution in [1.82, 2.24) is 10.0 Å². The lowest BCUT2D eigenvalue weighted by molar-refractivity contribution is -0.124. The maximum atomic E-state index is 13.8. The Morgan fingerprint density at radius 3 is 2.28 bits per heavy atom. The molecule has 1 aliphatic rings. The third kappa shape index (κ3) is 5.51. The van der Waals surface area contributed by atoms with E-state index in [4.69, 9.17) is 0 Å². The molecule has 5 nitrogen and oxygen atoms in total. The van der Waals surface area contributed by atoms with Crippen LogP contribution < -0.4 is 10.0 Å². The minimum absolute atomic E-state index is 0.0780. The summed E-state index contributed by atoms with van der Waals surface area (Å²) in [5, 5.41) is 2.97. The van der Waals surface area contributed by atoms with Gasteiger partial charge in [-0.2, -0.15) is 4.72 Å². The van der Waals surface area contributed by atoms with Gasteiger partial charge >= 0.3 is 0 Å². The molecular weight excluding hydrogens is 343 g/mol. The molecule has 1 aromatic rings. The molecule has 25 heavy (non-hydrogen) atoms. The molecule has 2 N–H and O–H groups in total. The van der Waals surface area contributed by atoms with E-state index in [1.807, 2.05) is 0 Å². The highest BCUT2D eigenvalue weighted by Crippen LogP contribution is 2.19. The van der Waals surface area contributed by atoms with Crippen LogP contribution in [0.3, 0.4) is 0 Å². The summed E-state index contributed by atoms with van der Waals surface area (Å²) in [6.07, 6.45) is 6.30. The second-order valence-corrected chi connectivity index (χ2v) is 8.65. The van der Waals surface area contributed by atoms with Crippen LogP contribution in [0.2, 0.25) is 0 Å². The Balaban J connectivity index is 2.12. The SMILES string of the molecule is CC(C)[C@H](NS(=O)(=O)c1ccccc1F)C(=O)NC1CCCCCC1. The Hall–Kier alpha value is -1.47. The van der Waals surface area contributed by atoms with Crippen molar-refractivity contribution in [3.8, 4) is 0 Å². The minimum Gasteiger partial charge on any atom is -0.352 e. The highest BCUT2D eigenvalue weighted by Gasteiger charge is 2.30. The first kappa shape index (κ1) is 19.8. The monoisotopic (exact) mass is 370 g/mol. The van der Waals surface area contributed by atoms with Gasteiger partial charge in [0.25, 0.3) is 0 Å². The van der Waals surface area contributed by atoms with Gasteiger partial charge in [0.2, 0.25) is 15.9 Å². The second kappa shape index (κ2) is 8.76. The Bertz CT molecular complexity index is 683. The van der Waals surface area contributed by atoms with Crippen molar-refractivity contribution in [2.24, 2.45) is 5.92 Å². The van der Waals surface area contributed by atoms with Gasteiger partial charge in [-0.25, -0.2) is 12.8 Å². The Kier molecular flexibility index (Phi) is 6.95. The van der Waals surface area contributed by atoms with Gasteiger partial charge in [-0.15, -0.1) is 0 Å². The largest absolute Gasteiger partial charge is 0.352 e. The van der Waals surface area contributed by atoms with Crippen molar-refractivity contribution < 1.29 is 17.6 Å². The third-order valence-electron chi connectivity index (χ3n) is 4.56. The molecule has 0 heterocycles. The molecule has 0 radical (unpaired) electrons. The van der Waals surface area contributed by atoms with Crippen molar-refractivity contribution in [3.63, 3.8) is 0 Å². The fraction of sp³-hybridized carbons (Fsp3) is 0.611.